The van der Waals surface area contributed by atoms with E-state index in [9.17, 15) is 20.2 Å². The molecule has 0 atom stereocenters. The van der Waals surface area contributed by atoms with Crippen LogP contribution in [-0.2, 0) is 6.61 Å². The van der Waals surface area contributed by atoms with Crippen molar-refractivity contribution in [3.05, 3.63) is 107 Å². The highest BCUT2D eigenvalue weighted by Crippen LogP contribution is 2.37. The molecule has 40 heavy (non-hydrogen) atoms. The Labute approximate surface area is 243 Å². The lowest BCUT2D eigenvalue weighted by molar-refractivity contribution is -0.385. The number of benzene rings is 3. The van der Waals surface area contributed by atoms with Crippen LogP contribution in [0.3, 0.4) is 0 Å². The number of aromatic nitrogens is 2. The largest absolute Gasteiger partial charge is 0.481 e. The van der Waals surface area contributed by atoms with Crippen LogP contribution in [0, 0.1) is 21.4 Å². The van der Waals surface area contributed by atoms with E-state index in [1.165, 1.54) is 23.0 Å². The van der Waals surface area contributed by atoms with Gasteiger partial charge < -0.3 is 4.74 Å². The van der Waals surface area contributed by atoms with E-state index in [2.05, 4.69) is 27.1 Å². The van der Waals surface area contributed by atoms with Crippen molar-refractivity contribution in [2.45, 2.75) is 44.6 Å². The first-order chi connectivity index (χ1) is 19.4. The zero-order chi connectivity index (χ0) is 28.2. The molecule has 0 spiro atoms. The number of halogens is 2. The molecule has 1 aliphatic carbocycles. The topological polar surface area (TPSA) is 123 Å². The van der Waals surface area contributed by atoms with Gasteiger partial charge in [0.2, 0.25) is 5.75 Å². The third kappa shape index (κ3) is 5.76. The van der Waals surface area contributed by atoms with Crippen molar-refractivity contribution in [1.82, 2.24) is 9.66 Å². The zero-order valence-electron chi connectivity index (χ0n) is 21.2. The minimum Gasteiger partial charge on any atom is -0.481 e. The molecule has 1 heterocycles. The van der Waals surface area contributed by atoms with Crippen molar-refractivity contribution in [1.29, 1.82) is 5.26 Å². The Morgan fingerprint density at radius 1 is 1.20 bits per heavy atom. The van der Waals surface area contributed by atoms with E-state index >= 15 is 0 Å². The highest BCUT2D eigenvalue weighted by atomic mass is 79.9. The Hall–Kier alpha value is -4.07. The number of hydrogen-bond donors (Lipinski definition) is 0. The molecule has 4 aromatic rings. The van der Waals surface area contributed by atoms with Gasteiger partial charge in [-0.1, -0.05) is 65.0 Å². The summed E-state index contributed by atoms with van der Waals surface area (Å²) in [6.07, 6.45) is 6.41. The number of rotatable bonds is 7. The van der Waals surface area contributed by atoms with Gasteiger partial charge in [0, 0.05) is 27.6 Å². The fourth-order valence-electron chi connectivity index (χ4n) is 4.88. The van der Waals surface area contributed by atoms with Crippen molar-refractivity contribution in [3.8, 4) is 11.8 Å². The number of ether oxygens (including phenoxy) is 1. The summed E-state index contributed by atoms with van der Waals surface area (Å²) in [6, 6.07) is 17.0. The molecule has 3 aromatic carbocycles. The summed E-state index contributed by atoms with van der Waals surface area (Å²) in [4.78, 5) is 29.7. The molecule has 0 bridgehead atoms. The number of nitro groups is 1. The fourth-order valence-corrected chi connectivity index (χ4v) is 5.52. The molecule has 9 nitrogen and oxygen atoms in total. The summed E-state index contributed by atoms with van der Waals surface area (Å²) in [6.45, 7) is -0.0732. The highest BCUT2D eigenvalue weighted by molar-refractivity contribution is 9.10. The Bertz CT molecular complexity index is 1740. The molecular weight excluding hydrogens is 598 g/mol. The van der Waals surface area contributed by atoms with E-state index in [1.54, 1.807) is 36.4 Å². The third-order valence-electron chi connectivity index (χ3n) is 6.88. The molecule has 0 amide bonds. The molecular formula is C29H23BrClN5O4. The molecule has 0 unspecified atom stereocenters. The van der Waals surface area contributed by atoms with E-state index in [0.717, 1.165) is 36.6 Å². The molecule has 0 aliphatic heterocycles. The van der Waals surface area contributed by atoms with Crippen LogP contribution in [-0.4, -0.2) is 20.8 Å². The molecule has 11 heteroatoms. The monoisotopic (exact) mass is 619 g/mol. The van der Waals surface area contributed by atoms with Crippen LogP contribution in [0.2, 0.25) is 5.02 Å². The van der Waals surface area contributed by atoms with E-state index in [4.69, 9.17) is 21.3 Å². The second kappa shape index (κ2) is 12.0. The number of fused-ring (bicyclic) bond motifs is 1. The van der Waals surface area contributed by atoms with Crippen LogP contribution in [0.25, 0.3) is 10.9 Å². The Kier molecular flexibility index (Phi) is 8.24. The first-order valence-electron chi connectivity index (χ1n) is 12.7. The van der Waals surface area contributed by atoms with Gasteiger partial charge in [0.05, 0.1) is 38.7 Å². The van der Waals surface area contributed by atoms with Crippen LogP contribution < -0.4 is 10.3 Å². The Morgan fingerprint density at radius 2 is 1.98 bits per heavy atom. The molecule has 0 radical (unpaired) electrons. The third-order valence-corrected chi connectivity index (χ3v) is 7.65. The normalized spacial score (nSPS) is 13.9. The van der Waals surface area contributed by atoms with Crippen LogP contribution >= 0.6 is 27.5 Å². The lowest BCUT2D eigenvalue weighted by Gasteiger charge is -2.22. The van der Waals surface area contributed by atoms with Crippen LogP contribution in [0.15, 0.2) is 69.0 Å². The molecule has 0 N–H and O–H groups in total. The maximum Gasteiger partial charge on any atom is 0.313 e. The SMILES string of the molecule is N#Cc1ccccc1COc1c(Cl)cc(C=Nn2c(C3CCCCC3)nc3ccc(Br)cc3c2=O)cc1[N+](=O)[O-]. The van der Waals surface area contributed by atoms with Crippen molar-refractivity contribution in [2.24, 2.45) is 5.10 Å². The van der Waals surface area contributed by atoms with Gasteiger partial charge in [-0.2, -0.15) is 15.0 Å². The fraction of sp³-hybridized carbons (Fsp3) is 0.241. The van der Waals surface area contributed by atoms with Crippen molar-refractivity contribution in [2.75, 3.05) is 0 Å². The van der Waals surface area contributed by atoms with Gasteiger partial charge >= 0.3 is 5.69 Å². The summed E-state index contributed by atoms with van der Waals surface area (Å²) in [5.74, 6) is 0.540. The molecule has 0 saturated heterocycles. The molecule has 1 fully saturated rings. The van der Waals surface area contributed by atoms with Gasteiger partial charge in [0.15, 0.2) is 0 Å². The maximum atomic E-state index is 13.5. The van der Waals surface area contributed by atoms with Gasteiger partial charge in [-0.05, 0) is 43.2 Å². The molecule has 1 saturated carbocycles. The van der Waals surface area contributed by atoms with Crippen LogP contribution in [0.1, 0.15) is 60.5 Å². The van der Waals surface area contributed by atoms with Gasteiger partial charge in [0.25, 0.3) is 5.56 Å². The Balaban J connectivity index is 1.53. The summed E-state index contributed by atoms with van der Waals surface area (Å²) in [5.41, 5.74) is 1.21. The number of nitriles is 1. The lowest BCUT2D eigenvalue weighted by Crippen LogP contribution is -2.25. The predicted octanol–water partition coefficient (Wildman–Crippen LogP) is 7.10. The van der Waals surface area contributed by atoms with Gasteiger partial charge in [-0.15, -0.1) is 0 Å². The van der Waals surface area contributed by atoms with E-state index in [-0.39, 0.29) is 34.5 Å². The molecule has 1 aliphatic rings. The molecule has 5 rings (SSSR count). The first kappa shape index (κ1) is 27.5. The van der Waals surface area contributed by atoms with Gasteiger partial charge in [0.1, 0.15) is 12.4 Å². The predicted molar refractivity (Wildman–Crippen MR) is 156 cm³/mol. The highest BCUT2D eigenvalue weighted by Gasteiger charge is 2.24. The van der Waals surface area contributed by atoms with Crippen molar-refractivity contribution in [3.63, 3.8) is 0 Å². The second-order valence-corrected chi connectivity index (χ2v) is 10.8. The van der Waals surface area contributed by atoms with E-state index < -0.39 is 4.92 Å². The lowest BCUT2D eigenvalue weighted by atomic mass is 9.88. The van der Waals surface area contributed by atoms with Gasteiger partial charge in [-0.25, -0.2) is 4.98 Å². The summed E-state index contributed by atoms with van der Waals surface area (Å²) >= 11 is 9.85. The average Bonchev–Trinajstić information content (AvgIpc) is 2.96. The van der Waals surface area contributed by atoms with Gasteiger partial charge in [-0.3, -0.25) is 14.9 Å². The quantitative estimate of drug-likeness (QED) is 0.123. The molecule has 1 aromatic heterocycles. The van der Waals surface area contributed by atoms with E-state index in [1.807, 2.05) is 6.07 Å². The standard InChI is InChI=1S/C29H23BrClN5O4/c30-22-10-11-25-23(14-22)29(37)35(28(34-25)19-6-2-1-3-7-19)33-16-18-12-24(31)27(26(13-18)36(38)39)40-17-21-9-5-4-8-20(21)15-32/h4-5,8-14,16,19H,1-3,6-7,17H2. The molecule has 202 valence electrons. The maximum absolute atomic E-state index is 13.5. The Morgan fingerprint density at radius 3 is 2.73 bits per heavy atom. The number of nitrogens with zero attached hydrogens (tertiary/aromatic N) is 5. The smallest absolute Gasteiger partial charge is 0.313 e. The first-order valence-corrected chi connectivity index (χ1v) is 13.9. The van der Waals surface area contributed by atoms with Crippen molar-refractivity contribution >= 4 is 50.3 Å². The minimum atomic E-state index is -0.594. The second-order valence-electron chi connectivity index (χ2n) is 9.49. The minimum absolute atomic E-state index is 0.00510. The zero-order valence-corrected chi connectivity index (χ0v) is 23.6. The summed E-state index contributed by atoms with van der Waals surface area (Å²) in [5, 5.41) is 26.1. The van der Waals surface area contributed by atoms with Crippen LogP contribution in [0.4, 0.5) is 5.69 Å². The van der Waals surface area contributed by atoms with Crippen LogP contribution in [0.5, 0.6) is 5.75 Å². The van der Waals surface area contributed by atoms with E-state index in [0.29, 0.717) is 33.4 Å². The van der Waals surface area contributed by atoms with Crippen molar-refractivity contribution < 1.29 is 9.66 Å². The summed E-state index contributed by atoms with van der Waals surface area (Å²) in [7, 11) is 0. The average molecular weight is 621 g/mol. The summed E-state index contributed by atoms with van der Waals surface area (Å²) < 4.78 is 7.76. The number of nitro benzene ring substituents is 1. The number of hydrogen-bond acceptors (Lipinski definition) is 7.